The fourth-order valence-corrected chi connectivity index (χ4v) is 9.31. The molecule has 0 bridgehead atoms. The number of hydrogen-bond donors (Lipinski definition) is 0. The highest BCUT2D eigenvalue weighted by Gasteiger charge is 2.51. The van der Waals surface area contributed by atoms with Gasteiger partial charge >= 0.3 is 0 Å². The number of rotatable bonds is 8. The summed E-state index contributed by atoms with van der Waals surface area (Å²) in [6, 6.07) is 37.6. The van der Waals surface area contributed by atoms with E-state index in [9.17, 15) is 0 Å². The molecule has 2 nitrogen and oxygen atoms in total. The Labute approximate surface area is 314 Å². The number of anilines is 1. The number of nitrogens with zero attached hydrogens (tertiary/aromatic N) is 2. The zero-order valence-corrected chi connectivity index (χ0v) is 30.7. The van der Waals surface area contributed by atoms with Crippen LogP contribution in [0.15, 0.2) is 205 Å². The van der Waals surface area contributed by atoms with E-state index < -0.39 is 0 Å². The summed E-state index contributed by atoms with van der Waals surface area (Å²) in [7, 11) is 0. The van der Waals surface area contributed by atoms with Crippen LogP contribution in [-0.4, -0.2) is 4.57 Å². The lowest BCUT2D eigenvalue weighted by Gasteiger charge is -2.38. The second-order valence-corrected chi connectivity index (χ2v) is 15.4. The first-order chi connectivity index (χ1) is 26.0. The van der Waals surface area contributed by atoms with Crippen molar-refractivity contribution in [2.45, 2.75) is 33.1 Å². The molecule has 0 radical (unpaired) electrons. The summed E-state index contributed by atoms with van der Waals surface area (Å²) in [6.45, 7) is 8.83. The standard InChI is InChI=1S/C51H46N2/c1-4-5-6-8-15-36-22-26-39(27-23-36)52(40-28-24-38(25-29-40)37-16-9-7-10-17-37)41-30-32-43-44-33-31-42(35-48(44)51(2,3)47(43)34-41)53-49-20-13-11-18-45(49)46-19-12-14-21-50(46)53/h4-22,24-33,36,47-48H,1,23,34-35H2,2-3H3/b6-5-,15-8+. The quantitative estimate of drug-likeness (QED) is 0.148. The van der Waals surface area contributed by atoms with Gasteiger partial charge in [0.1, 0.15) is 0 Å². The van der Waals surface area contributed by atoms with E-state index in [1.165, 1.54) is 66.9 Å². The molecule has 3 atom stereocenters. The number of hydrogen-bond acceptors (Lipinski definition) is 1. The van der Waals surface area contributed by atoms with Crippen molar-refractivity contribution in [1.82, 2.24) is 4.57 Å². The summed E-state index contributed by atoms with van der Waals surface area (Å²) < 4.78 is 2.52. The van der Waals surface area contributed by atoms with Crippen molar-refractivity contribution in [2.24, 2.45) is 23.2 Å². The Kier molecular flexibility index (Phi) is 8.47. The molecule has 1 fully saturated rings. The van der Waals surface area contributed by atoms with Gasteiger partial charge in [-0.05, 0) is 107 Å². The number of allylic oxidation sites excluding steroid dienone is 16. The maximum absolute atomic E-state index is 3.79. The molecule has 2 heteroatoms. The van der Waals surface area contributed by atoms with Gasteiger partial charge in [0, 0.05) is 33.6 Å². The molecular weight excluding hydrogens is 641 g/mol. The molecule has 53 heavy (non-hydrogen) atoms. The molecular formula is C51H46N2. The monoisotopic (exact) mass is 686 g/mol. The molecule has 0 aliphatic heterocycles. The molecule has 4 aromatic carbocycles. The van der Waals surface area contributed by atoms with Crippen molar-refractivity contribution in [3.05, 3.63) is 205 Å². The highest BCUT2D eigenvalue weighted by Crippen LogP contribution is 2.60. The zero-order valence-electron chi connectivity index (χ0n) is 30.7. The van der Waals surface area contributed by atoms with Crippen molar-refractivity contribution in [1.29, 1.82) is 0 Å². The Balaban J connectivity index is 1.07. The lowest BCUT2D eigenvalue weighted by molar-refractivity contribution is 0.206. The van der Waals surface area contributed by atoms with Crippen LogP contribution >= 0.6 is 0 Å². The van der Waals surface area contributed by atoms with Crippen LogP contribution in [0.25, 0.3) is 38.6 Å². The summed E-state index contributed by atoms with van der Waals surface area (Å²) in [5.41, 5.74) is 13.4. The fourth-order valence-electron chi connectivity index (χ4n) is 9.31. The van der Waals surface area contributed by atoms with Gasteiger partial charge in [-0.15, -0.1) is 0 Å². The summed E-state index contributed by atoms with van der Waals surface area (Å²) in [5.74, 6) is 1.25. The normalized spacial score (nSPS) is 21.9. The number of para-hydroxylation sites is 2. The predicted molar refractivity (Wildman–Crippen MR) is 226 cm³/mol. The van der Waals surface area contributed by atoms with Gasteiger partial charge in [0.25, 0.3) is 0 Å². The average Bonchev–Trinajstić information content (AvgIpc) is 3.66. The Hall–Kier alpha value is -5.86. The van der Waals surface area contributed by atoms with E-state index in [4.69, 9.17) is 0 Å². The Morgan fingerprint density at radius 1 is 0.679 bits per heavy atom. The van der Waals surface area contributed by atoms with E-state index >= 15 is 0 Å². The molecule has 1 heterocycles. The van der Waals surface area contributed by atoms with Crippen molar-refractivity contribution >= 4 is 33.2 Å². The molecule has 5 aromatic rings. The largest absolute Gasteiger partial charge is 0.315 e. The second-order valence-electron chi connectivity index (χ2n) is 15.4. The van der Waals surface area contributed by atoms with Gasteiger partial charge < -0.3 is 9.47 Å². The first-order valence-corrected chi connectivity index (χ1v) is 19.1. The highest BCUT2D eigenvalue weighted by atomic mass is 15.2. The van der Waals surface area contributed by atoms with Crippen LogP contribution in [0.3, 0.4) is 0 Å². The molecule has 260 valence electrons. The van der Waals surface area contributed by atoms with Gasteiger partial charge in [-0.2, -0.15) is 0 Å². The lowest BCUT2D eigenvalue weighted by Crippen LogP contribution is -2.31. The fraction of sp³-hybridized carbons (Fsp3) is 0.176. The number of benzene rings is 4. The maximum Gasteiger partial charge on any atom is 0.0537 e. The van der Waals surface area contributed by atoms with Gasteiger partial charge in [-0.1, -0.05) is 154 Å². The van der Waals surface area contributed by atoms with Crippen LogP contribution in [0.1, 0.15) is 33.1 Å². The molecule has 4 aliphatic carbocycles. The molecule has 9 rings (SSSR count). The van der Waals surface area contributed by atoms with Crippen molar-refractivity contribution in [2.75, 3.05) is 4.90 Å². The molecule has 1 aromatic heterocycles. The first kappa shape index (κ1) is 33.0. The lowest BCUT2D eigenvalue weighted by atomic mass is 9.70. The third-order valence-electron chi connectivity index (χ3n) is 12.1. The third kappa shape index (κ3) is 5.83. The minimum atomic E-state index is 0.0872. The van der Waals surface area contributed by atoms with Crippen LogP contribution in [0.4, 0.5) is 5.69 Å². The first-order valence-electron chi connectivity index (χ1n) is 19.1. The number of aromatic nitrogens is 1. The number of fused-ring (bicyclic) bond motifs is 6. The minimum Gasteiger partial charge on any atom is -0.315 e. The summed E-state index contributed by atoms with van der Waals surface area (Å²) in [4.78, 5) is 2.52. The van der Waals surface area contributed by atoms with Crippen LogP contribution in [0.5, 0.6) is 0 Å². The van der Waals surface area contributed by atoms with E-state index in [1.807, 2.05) is 12.2 Å². The Morgan fingerprint density at radius 2 is 1.32 bits per heavy atom. The molecule has 0 N–H and O–H groups in total. The van der Waals surface area contributed by atoms with E-state index in [0.717, 1.165) is 19.3 Å². The highest BCUT2D eigenvalue weighted by molar-refractivity contribution is 6.10. The minimum absolute atomic E-state index is 0.0872. The van der Waals surface area contributed by atoms with E-state index in [1.54, 1.807) is 0 Å². The zero-order chi connectivity index (χ0) is 35.9. The van der Waals surface area contributed by atoms with Crippen LogP contribution < -0.4 is 4.90 Å². The van der Waals surface area contributed by atoms with Crippen LogP contribution in [-0.2, 0) is 0 Å². The van der Waals surface area contributed by atoms with Crippen molar-refractivity contribution in [3.63, 3.8) is 0 Å². The summed E-state index contributed by atoms with van der Waals surface area (Å²) >= 11 is 0. The van der Waals surface area contributed by atoms with Gasteiger partial charge in [0.05, 0.1) is 11.0 Å². The van der Waals surface area contributed by atoms with Crippen LogP contribution in [0.2, 0.25) is 0 Å². The Bertz CT molecular complexity index is 2410. The van der Waals surface area contributed by atoms with Gasteiger partial charge in [-0.3, -0.25) is 0 Å². The third-order valence-corrected chi connectivity index (χ3v) is 12.1. The molecule has 4 aliphatic rings. The maximum atomic E-state index is 3.79. The van der Waals surface area contributed by atoms with Gasteiger partial charge in [0.15, 0.2) is 0 Å². The summed E-state index contributed by atoms with van der Waals surface area (Å²) in [6.07, 6.45) is 30.0. The Morgan fingerprint density at radius 3 is 2.00 bits per heavy atom. The predicted octanol–water partition coefficient (Wildman–Crippen LogP) is 13.4. The van der Waals surface area contributed by atoms with Crippen molar-refractivity contribution in [3.8, 4) is 11.1 Å². The smallest absolute Gasteiger partial charge is 0.0537 e. The molecule has 3 unspecified atom stereocenters. The van der Waals surface area contributed by atoms with E-state index in [-0.39, 0.29) is 5.41 Å². The molecule has 0 spiro atoms. The van der Waals surface area contributed by atoms with Crippen LogP contribution in [0, 0.1) is 23.2 Å². The van der Waals surface area contributed by atoms with E-state index in [2.05, 4.69) is 194 Å². The second kappa shape index (κ2) is 13.6. The van der Waals surface area contributed by atoms with Gasteiger partial charge in [-0.25, -0.2) is 0 Å². The molecule has 0 amide bonds. The summed E-state index contributed by atoms with van der Waals surface area (Å²) in [5, 5.41) is 2.65. The van der Waals surface area contributed by atoms with Crippen molar-refractivity contribution < 1.29 is 0 Å². The SMILES string of the molecule is C=C/C=C\C=C\C1C=CC(N(C2=CC=C3C4=CC=C(n5c6ccccc6c6ccccc65)CC4C(C)(C)C3C2)c2ccc(-c3ccccc3)cc2)=CC1. The van der Waals surface area contributed by atoms with Gasteiger partial charge in [0.2, 0.25) is 0 Å². The molecule has 0 saturated heterocycles. The average molecular weight is 687 g/mol. The molecule has 1 saturated carbocycles. The topological polar surface area (TPSA) is 8.17 Å². The van der Waals surface area contributed by atoms with E-state index in [0.29, 0.717) is 17.8 Å².